The van der Waals surface area contributed by atoms with Crippen LogP contribution < -0.4 is 0 Å². The van der Waals surface area contributed by atoms with Gasteiger partial charge in [-0.05, 0) is 25.0 Å². The molecule has 7 heteroatoms. The maximum Gasteiger partial charge on any atom is 0.255 e. The predicted molar refractivity (Wildman–Crippen MR) is 79.8 cm³/mol. The molecule has 23 heavy (non-hydrogen) atoms. The van der Waals surface area contributed by atoms with Gasteiger partial charge < -0.3 is 14.1 Å². The first kappa shape index (κ1) is 14.3. The Morgan fingerprint density at radius 2 is 2.30 bits per heavy atom. The molecule has 7 nitrogen and oxygen atoms in total. The number of piperidine rings is 1. The van der Waals surface area contributed by atoms with Crippen molar-refractivity contribution in [3.05, 3.63) is 41.9 Å². The number of pyridine rings is 1. The Bertz CT molecular complexity index is 702. The summed E-state index contributed by atoms with van der Waals surface area (Å²) >= 11 is 0. The third kappa shape index (κ3) is 2.61. The van der Waals surface area contributed by atoms with Gasteiger partial charge in [0.1, 0.15) is 0 Å². The summed E-state index contributed by atoms with van der Waals surface area (Å²) in [5.41, 5.74) is 0.598. The molecule has 4 rings (SSSR count). The van der Waals surface area contributed by atoms with Crippen LogP contribution in [0.25, 0.3) is 0 Å². The van der Waals surface area contributed by atoms with Crippen LogP contribution >= 0.6 is 0 Å². The van der Waals surface area contributed by atoms with Gasteiger partial charge in [-0.3, -0.25) is 9.78 Å². The van der Waals surface area contributed by atoms with Gasteiger partial charge in [-0.25, -0.2) is 0 Å². The average molecular weight is 314 g/mol. The van der Waals surface area contributed by atoms with E-state index in [1.165, 1.54) is 0 Å². The highest BCUT2D eigenvalue weighted by Crippen LogP contribution is 2.36. The number of carbonyl (C=O) groups excluding carboxylic acids is 1. The molecule has 4 heterocycles. The smallest absolute Gasteiger partial charge is 0.255 e. The zero-order chi connectivity index (χ0) is 15.8. The van der Waals surface area contributed by atoms with Crippen LogP contribution in [0.3, 0.4) is 0 Å². The Morgan fingerprint density at radius 1 is 1.39 bits per heavy atom. The summed E-state index contributed by atoms with van der Waals surface area (Å²) in [6.45, 7) is 3.02. The van der Waals surface area contributed by atoms with E-state index in [0.717, 1.165) is 12.8 Å². The lowest BCUT2D eigenvalue weighted by molar-refractivity contribution is 0.0130. The lowest BCUT2D eigenvalue weighted by atomic mass is 9.89. The summed E-state index contributed by atoms with van der Waals surface area (Å²) < 4.78 is 11.4. The number of ether oxygens (including phenoxy) is 1. The first-order valence-corrected chi connectivity index (χ1v) is 7.85. The second-order valence-electron chi connectivity index (χ2n) is 6.06. The zero-order valence-corrected chi connectivity index (χ0v) is 12.9. The fourth-order valence-electron chi connectivity index (χ4n) is 3.49. The summed E-state index contributed by atoms with van der Waals surface area (Å²) in [5.74, 6) is 1.12. The lowest BCUT2D eigenvalue weighted by Crippen LogP contribution is -2.51. The van der Waals surface area contributed by atoms with Crippen molar-refractivity contribution in [2.24, 2.45) is 0 Å². The number of carbonyl (C=O) groups is 1. The van der Waals surface area contributed by atoms with Crippen molar-refractivity contribution in [2.75, 3.05) is 13.2 Å². The van der Waals surface area contributed by atoms with Crippen LogP contribution in [-0.2, 0) is 4.74 Å². The van der Waals surface area contributed by atoms with Crippen molar-refractivity contribution < 1.29 is 13.9 Å². The van der Waals surface area contributed by atoms with Gasteiger partial charge >= 0.3 is 0 Å². The molecule has 2 aromatic rings. The molecule has 0 spiro atoms. The van der Waals surface area contributed by atoms with Crippen molar-refractivity contribution in [2.45, 2.75) is 37.8 Å². The highest BCUT2D eigenvalue weighted by Gasteiger charge is 2.44. The second-order valence-corrected chi connectivity index (χ2v) is 6.06. The highest BCUT2D eigenvalue weighted by molar-refractivity contribution is 5.94. The number of amides is 1. The number of aromatic nitrogens is 3. The minimum Gasteiger partial charge on any atom is -0.425 e. The van der Waals surface area contributed by atoms with E-state index in [1.54, 1.807) is 31.5 Å². The van der Waals surface area contributed by atoms with Crippen LogP contribution in [0, 0.1) is 6.92 Å². The van der Waals surface area contributed by atoms with Gasteiger partial charge in [0, 0.05) is 32.5 Å². The van der Waals surface area contributed by atoms with Gasteiger partial charge in [-0.2, -0.15) is 0 Å². The Balaban J connectivity index is 1.62. The normalized spacial score (nSPS) is 27.0. The van der Waals surface area contributed by atoms with Crippen LogP contribution in [0.15, 0.2) is 28.9 Å². The van der Waals surface area contributed by atoms with Gasteiger partial charge in [-0.15, -0.1) is 10.2 Å². The molecule has 0 aromatic carbocycles. The van der Waals surface area contributed by atoms with Crippen molar-refractivity contribution >= 4 is 5.91 Å². The minimum atomic E-state index is -0.0143. The fourth-order valence-corrected chi connectivity index (χ4v) is 3.49. The van der Waals surface area contributed by atoms with Gasteiger partial charge in [0.25, 0.3) is 5.91 Å². The number of aryl methyl sites for hydroxylation is 1. The number of likely N-dealkylation sites (tertiary alicyclic amines) is 1. The molecule has 0 N–H and O–H groups in total. The number of rotatable bonds is 2. The van der Waals surface area contributed by atoms with Crippen molar-refractivity contribution in [1.29, 1.82) is 0 Å². The third-order valence-electron chi connectivity index (χ3n) is 4.57. The summed E-state index contributed by atoms with van der Waals surface area (Å²) in [4.78, 5) is 18.8. The SMILES string of the molecule is Cc1nnc([C@H]2C[C@@H]3OCC[C@@H]3N(C(=O)c3cccnc3)C2)o1. The summed E-state index contributed by atoms with van der Waals surface area (Å²) in [6, 6.07) is 3.68. The number of nitrogens with zero attached hydrogens (tertiary/aromatic N) is 4. The molecule has 2 fully saturated rings. The van der Waals surface area contributed by atoms with Crippen LogP contribution in [-0.4, -0.2) is 51.3 Å². The van der Waals surface area contributed by atoms with Crippen LogP contribution in [0.4, 0.5) is 0 Å². The molecule has 0 radical (unpaired) electrons. The molecular formula is C16H18N4O3. The third-order valence-corrected chi connectivity index (χ3v) is 4.57. The maximum atomic E-state index is 12.9. The molecule has 0 unspecified atom stereocenters. The average Bonchev–Trinajstić information content (AvgIpc) is 3.22. The van der Waals surface area contributed by atoms with Gasteiger partial charge in [0.2, 0.25) is 11.8 Å². The van der Waals surface area contributed by atoms with E-state index in [1.807, 2.05) is 4.90 Å². The molecule has 1 amide bonds. The zero-order valence-electron chi connectivity index (χ0n) is 12.9. The number of fused-ring (bicyclic) bond motifs is 1. The van der Waals surface area contributed by atoms with Gasteiger partial charge in [0.15, 0.2) is 0 Å². The van der Waals surface area contributed by atoms with Gasteiger partial charge in [0.05, 0.1) is 23.6 Å². The Morgan fingerprint density at radius 3 is 3.04 bits per heavy atom. The highest BCUT2D eigenvalue weighted by atomic mass is 16.5. The van der Waals surface area contributed by atoms with E-state index in [4.69, 9.17) is 9.15 Å². The standard InChI is InChI=1S/C16H18N4O3/c1-10-18-19-15(23-10)12-7-14-13(4-6-22-14)20(9-12)16(21)11-3-2-5-17-8-11/h2-3,5,8,12-14H,4,6-7,9H2,1H3/t12-,13-,14-/m0/s1. The molecule has 2 aliphatic rings. The first-order valence-electron chi connectivity index (χ1n) is 7.85. The summed E-state index contributed by atoms with van der Waals surface area (Å²) in [7, 11) is 0. The van der Waals surface area contributed by atoms with Crippen LogP contribution in [0.5, 0.6) is 0 Å². The largest absolute Gasteiger partial charge is 0.425 e. The minimum absolute atomic E-state index is 0.0103. The molecule has 2 aromatic heterocycles. The van der Waals surface area contributed by atoms with E-state index < -0.39 is 0 Å². The van der Waals surface area contributed by atoms with E-state index in [-0.39, 0.29) is 24.0 Å². The molecule has 120 valence electrons. The Kier molecular flexibility index (Phi) is 3.57. The van der Waals surface area contributed by atoms with Crippen LogP contribution in [0.1, 0.15) is 40.9 Å². The topological polar surface area (TPSA) is 81.4 Å². The predicted octanol–water partition coefficient (Wildman–Crippen LogP) is 1.56. The summed E-state index contributed by atoms with van der Waals surface area (Å²) in [5, 5.41) is 8.03. The molecular weight excluding hydrogens is 296 g/mol. The molecule has 0 aliphatic carbocycles. The lowest BCUT2D eigenvalue weighted by Gasteiger charge is -2.39. The molecule has 2 saturated heterocycles. The maximum absolute atomic E-state index is 12.9. The molecule has 3 atom stereocenters. The molecule has 2 aliphatic heterocycles. The Labute approximate surface area is 133 Å². The van der Waals surface area contributed by atoms with E-state index in [0.29, 0.717) is 30.5 Å². The number of hydrogen-bond acceptors (Lipinski definition) is 6. The monoisotopic (exact) mass is 314 g/mol. The summed E-state index contributed by atoms with van der Waals surface area (Å²) in [6.07, 6.45) is 4.98. The van der Waals surface area contributed by atoms with E-state index >= 15 is 0 Å². The van der Waals surface area contributed by atoms with Gasteiger partial charge in [-0.1, -0.05) is 0 Å². The Hall–Kier alpha value is -2.28. The van der Waals surface area contributed by atoms with E-state index in [9.17, 15) is 4.79 Å². The second kappa shape index (κ2) is 5.73. The van der Waals surface area contributed by atoms with Crippen molar-refractivity contribution in [1.82, 2.24) is 20.1 Å². The molecule has 0 bridgehead atoms. The fraction of sp³-hybridized carbons (Fsp3) is 0.500. The van der Waals surface area contributed by atoms with Crippen LogP contribution in [0.2, 0.25) is 0 Å². The first-order chi connectivity index (χ1) is 11.2. The van der Waals surface area contributed by atoms with E-state index in [2.05, 4.69) is 15.2 Å². The van der Waals surface area contributed by atoms with Crippen molar-refractivity contribution in [3.63, 3.8) is 0 Å². The number of hydrogen-bond donors (Lipinski definition) is 0. The molecule has 0 saturated carbocycles. The quantitative estimate of drug-likeness (QED) is 0.837. The van der Waals surface area contributed by atoms with Crippen molar-refractivity contribution in [3.8, 4) is 0 Å².